The Kier molecular flexibility index (Phi) is 4.29. The van der Waals surface area contributed by atoms with Gasteiger partial charge in [0.2, 0.25) is 17.4 Å². The number of nitrogens with one attached hydrogen (secondary N) is 1. The lowest BCUT2D eigenvalue weighted by Gasteiger charge is -2.34. The van der Waals surface area contributed by atoms with E-state index in [2.05, 4.69) is 0 Å². The lowest BCUT2D eigenvalue weighted by molar-refractivity contribution is -0.948. The molecule has 5 atom stereocenters. The van der Waals surface area contributed by atoms with E-state index in [4.69, 9.17) is 23.2 Å². The van der Waals surface area contributed by atoms with Crippen LogP contribution in [0.4, 0.5) is 11.4 Å². The Bertz CT molecular complexity index is 1200. The number of amides is 3. The zero-order valence-corrected chi connectivity index (χ0v) is 19.0. The Morgan fingerprint density at radius 1 is 1.06 bits per heavy atom. The third-order valence-electron chi connectivity index (χ3n) is 7.83. The molecular formula is C24H22Cl2N3O3+. The molecule has 1 N–H and O–H groups in total. The van der Waals surface area contributed by atoms with Crippen LogP contribution in [0.3, 0.4) is 0 Å². The number of quaternary nitrogens is 1. The number of anilines is 2. The zero-order valence-electron chi connectivity index (χ0n) is 17.5. The van der Waals surface area contributed by atoms with E-state index in [-0.39, 0.29) is 28.8 Å². The molecule has 1 unspecified atom stereocenters. The summed E-state index contributed by atoms with van der Waals surface area (Å²) in [6.07, 6.45) is 1.74. The van der Waals surface area contributed by atoms with Crippen LogP contribution in [0.2, 0.25) is 10.0 Å². The van der Waals surface area contributed by atoms with Crippen molar-refractivity contribution in [2.45, 2.75) is 31.3 Å². The fourth-order valence-corrected chi connectivity index (χ4v) is 7.18. The standard InChI is InChI=1S/C24H21Cl2N3O3/c1-2-27-16-7-4-3-6-14(16)24(23(27)32)20-19(17-8-5-11-28(17)24)21(30)29(22(20)31)18-12-13(25)9-10-15(18)26/h3-4,6-7,9-10,12,17,19-20H,2,5,8,11H2,1H3/p+1/t17-,19+,20-,24+/m0/s1. The van der Waals surface area contributed by atoms with Crippen molar-refractivity contribution in [3.8, 4) is 0 Å². The van der Waals surface area contributed by atoms with Crippen LogP contribution < -0.4 is 14.7 Å². The van der Waals surface area contributed by atoms with Gasteiger partial charge >= 0.3 is 0 Å². The molecule has 3 amide bonds. The van der Waals surface area contributed by atoms with Crippen LogP contribution in [0.25, 0.3) is 0 Å². The number of hydrogen-bond donors (Lipinski definition) is 1. The number of imide groups is 1. The van der Waals surface area contributed by atoms with Gasteiger partial charge in [-0.2, -0.15) is 0 Å². The van der Waals surface area contributed by atoms with Gasteiger partial charge in [-0.1, -0.05) is 41.4 Å². The molecule has 164 valence electrons. The first-order valence-corrected chi connectivity index (χ1v) is 11.8. The van der Waals surface area contributed by atoms with Gasteiger partial charge in [-0.05, 0) is 31.2 Å². The number of halogens is 2. The summed E-state index contributed by atoms with van der Waals surface area (Å²) in [5.74, 6) is -2.01. The van der Waals surface area contributed by atoms with Gasteiger partial charge in [0.25, 0.3) is 5.91 Å². The number of hydrogen-bond acceptors (Lipinski definition) is 3. The first kappa shape index (κ1) is 20.2. The van der Waals surface area contributed by atoms with Crippen molar-refractivity contribution in [3.63, 3.8) is 0 Å². The Morgan fingerprint density at radius 2 is 1.84 bits per heavy atom. The molecule has 6 nitrogen and oxygen atoms in total. The van der Waals surface area contributed by atoms with Crippen molar-refractivity contribution in [1.29, 1.82) is 0 Å². The summed E-state index contributed by atoms with van der Waals surface area (Å²) < 4.78 is 0. The summed E-state index contributed by atoms with van der Waals surface area (Å²) in [5.41, 5.74) is 0.925. The van der Waals surface area contributed by atoms with Gasteiger partial charge < -0.3 is 9.80 Å². The predicted octanol–water partition coefficient (Wildman–Crippen LogP) is 2.42. The Labute approximate surface area is 195 Å². The van der Waals surface area contributed by atoms with Gasteiger partial charge in [0, 0.05) is 30.0 Å². The second-order valence-corrected chi connectivity index (χ2v) is 9.85. The number of nitrogens with zero attached hydrogens (tertiary/aromatic N) is 2. The molecule has 6 rings (SSSR count). The lowest BCUT2D eigenvalue weighted by atomic mass is 9.75. The minimum atomic E-state index is -1.08. The maximum Gasteiger partial charge on any atom is 0.294 e. The molecule has 0 saturated carbocycles. The van der Waals surface area contributed by atoms with E-state index in [1.807, 2.05) is 31.2 Å². The summed E-state index contributed by atoms with van der Waals surface area (Å²) in [6.45, 7) is 3.23. The number of para-hydroxylation sites is 1. The highest BCUT2D eigenvalue weighted by Crippen LogP contribution is 2.54. The molecule has 8 heteroatoms. The average Bonchev–Trinajstić information content (AvgIpc) is 3.48. The maximum atomic E-state index is 14.1. The largest absolute Gasteiger partial charge is 0.315 e. The van der Waals surface area contributed by atoms with Crippen molar-refractivity contribution in [3.05, 3.63) is 58.1 Å². The summed E-state index contributed by atoms with van der Waals surface area (Å²) >= 11 is 12.6. The molecule has 4 aliphatic rings. The highest BCUT2D eigenvalue weighted by Gasteiger charge is 2.79. The topological polar surface area (TPSA) is 62.1 Å². The van der Waals surface area contributed by atoms with Crippen LogP contribution in [0, 0.1) is 11.8 Å². The van der Waals surface area contributed by atoms with Crippen LogP contribution in [0.1, 0.15) is 25.3 Å². The van der Waals surface area contributed by atoms with Gasteiger partial charge in [0.15, 0.2) is 0 Å². The van der Waals surface area contributed by atoms with Gasteiger partial charge in [0.05, 0.1) is 22.9 Å². The van der Waals surface area contributed by atoms with E-state index in [0.717, 1.165) is 35.5 Å². The number of rotatable bonds is 2. The molecule has 0 aromatic heterocycles. The fraction of sp³-hybridized carbons (Fsp3) is 0.375. The van der Waals surface area contributed by atoms with Gasteiger partial charge in [-0.3, -0.25) is 14.4 Å². The predicted molar refractivity (Wildman–Crippen MR) is 121 cm³/mol. The number of fused-ring (bicyclic) bond motifs is 7. The van der Waals surface area contributed by atoms with Crippen molar-refractivity contribution in [2.24, 2.45) is 11.8 Å². The van der Waals surface area contributed by atoms with E-state index < -0.39 is 17.4 Å². The average molecular weight is 471 g/mol. The number of likely N-dealkylation sites (N-methyl/N-ethyl adjacent to an activating group) is 1. The summed E-state index contributed by atoms with van der Waals surface area (Å²) in [5, 5.41) is 0.679. The van der Waals surface area contributed by atoms with Crippen molar-refractivity contribution in [1.82, 2.24) is 0 Å². The highest BCUT2D eigenvalue weighted by atomic mass is 35.5. The lowest BCUT2D eigenvalue weighted by Crippen LogP contribution is -3.20. The minimum Gasteiger partial charge on any atom is -0.315 e. The summed E-state index contributed by atoms with van der Waals surface area (Å²) in [6, 6.07) is 12.4. The van der Waals surface area contributed by atoms with Gasteiger partial charge in [-0.15, -0.1) is 0 Å². The van der Waals surface area contributed by atoms with Gasteiger partial charge in [-0.25, -0.2) is 4.90 Å². The Balaban J connectivity index is 1.58. The van der Waals surface area contributed by atoms with E-state index in [9.17, 15) is 14.4 Å². The SMILES string of the molecule is CCN1C(=O)[C@@]2(c3ccccc31)[C@@H]1C(=O)N(c3cc(Cl)ccc3Cl)C(=O)[C@@H]1[C@@H]1CCC[NH+]12. The second kappa shape index (κ2) is 6.80. The molecule has 3 saturated heterocycles. The highest BCUT2D eigenvalue weighted by molar-refractivity contribution is 6.38. The quantitative estimate of drug-likeness (QED) is 0.685. The van der Waals surface area contributed by atoms with Gasteiger partial charge in [0.1, 0.15) is 17.9 Å². The van der Waals surface area contributed by atoms with E-state index in [1.165, 1.54) is 4.90 Å². The van der Waals surface area contributed by atoms with Crippen LogP contribution in [-0.2, 0) is 19.9 Å². The molecule has 0 bridgehead atoms. The molecule has 4 heterocycles. The van der Waals surface area contributed by atoms with E-state index in [1.54, 1.807) is 23.1 Å². The molecule has 1 spiro atoms. The number of carbonyl (C=O) groups excluding carboxylic acids is 3. The van der Waals surface area contributed by atoms with Crippen LogP contribution >= 0.6 is 23.2 Å². The molecular weight excluding hydrogens is 449 g/mol. The molecule has 3 fully saturated rings. The molecule has 2 aromatic rings. The molecule has 2 aromatic carbocycles. The minimum absolute atomic E-state index is 0.0733. The Hall–Kier alpha value is -2.41. The normalized spacial score (nSPS) is 32.8. The third-order valence-corrected chi connectivity index (χ3v) is 8.39. The van der Waals surface area contributed by atoms with Crippen molar-refractivity contribution in [2.75, 3.05) is 22.9 Å². The zero-order chi connectivity index (χ0) is 22.4. The van der Waals surface area contributed by atoms with Crippen LogP contribution in [0.5, 0.6) is 0 Å². The van der Waals surface area contributed by atoms with E-state index in [0.29, 0.717) is 17.3 Å². The second-order valence-electron chi connectivity index (χ2n) is 9.01. The fourth-order valence-electron chi connectivity index (χ4n) is 6.81. The monoisotopic (exact) mass is 470 g/mol. The summed E-state index contributed by atoms with van der Waals surface area (Å²) in [7, 11) is 0. The first-order valence-electron chi connectivity index (χ1n) is 11.0. The summed E-state index contributed by atoms with van der Waals surface area (Å²) in [4.78, 5) is 45.9. The maximum absolute atomic E-state index is 14.1. The van der Waals surface area contributed by atoms with Crippen LogP contribution in [-0.4, -0.2) is 36.9 Å². The van der Waals surface area contributed by atoms with E-state index >= 15 is 0 Å². The van der Waals surface area contributed by atoms with Crippen molar-refractivity contribution < 1.29 is 19.3 Å². The molecule has 32 heavy (non-hydrogen) atoms. The Morgan fingerprint density at radius 3 is 2.62 bits per heavy atom. The van der Waals surface area contributed by atoms with Crippen molar-refractivity contribution >= 4 is 52.3 Å². The third kappa shape index (κ3) is 2.23. The number of benzene rings is 2. The molecule has 0 aliphatic carbocycles. The smallest absolute Gasteiger partial charge is 0.294 e. The molecule has 0 radical (unpaired) electrons. The number of carbonyl (C=O) groups is 3. The van der Waals surface area contributed by atoms with Crippen LogP contribution in [0.15, 0.2) is 42.5 Å². The first-order chi connectivity index (χ1) is 15.4. The molecule has 4 aliphatic heterocycles.